The summed E-state index contributed by atoms with van der Waals surface area (Å²) in [6, 6.07) is 8.79. The molecule has 0 aliphatic rings. The van der Waals surface area contributed by atoms with Gasteiger partial charge >= 0.3 is 0 Å². The normalized spacial score (nSPS) is 12.8. The highest BCUT2D eigenvalue weighted by Gasteiger charge is 2.45. The lowest BCUT2D eigenvalue weighted by Gasteiger charge is -2.52. The molecule has 0 aliphatic carbocycles. The third-order valence-electron chi connectivity index (χ3n) is 8.33. The van der Waals surface area contributed by atoms with Crippen molar-refractivity contribution in [3.05, 3.63) is 0 Å². The monoisotopic (exact) mass is 441 g/mol. The molecule has 0 aromatic heterocycles. The van der Waals surface area contributed by atoms with Gasteiger partial charge in [0.25, 0.3) is 0 Å². The molecule has 29 heavy (non-hydrogen) atoms. The Hall–Kier alpha value is 0.394. The molecule has 3 heteroatoms. The second kappa shape index (κ2) is 18.0. The molecule has 0 rings (SSSR count). The molecule has 0 aromatic rings. The Bertz CT molecular complexity index is 314. The Balaban J connectivity index is 4.39. The summed E-state index contributed by atoms with van der Waals surface area (Å²) >= 11 is 0. The third-order valence-corrected chi connectivity index (χ3v) is 21.8. The van der Waals surface area contributed by atoms with E-state index in [9.17, 15) is 0 Å². The first-order valence-corrected chi connectivity index (χ1v) is 19.0. The fraction of sp³-hybridized carbons (Fsp3) is 1.00. The minimum absolute atomic E-state index is 1.25. The van der Waals surface area contributed by atoms with E-state index in [-0.39, 0.29) is 0 Å². The van der Waals surface area contributed by atoms with Gasteiger partial charge in [0, 0.05) is 0 Å². The van der Waals surface area contributed by atoms with Crippen LogP contribution in [0.25, 0.3) is 0 Å². The molecule has 176 valence electrons. The highest BCUT2D eigenvalue weighted by Crippen LogP contribution is 2.36. The summed E-state index contributed by atoms with van der Waals surface area (Å²) in [5, 5.41) is 0. The second-order valence-corrected chi connectivity index (χ2v) is 20.3. The van der Waals surface area contributed by atoms with E-state index >= 15 is 0 Å². The fourth-order valence-corrected chi connectivity index (χ4v) is 19.2. The molecule has 0 spiro atoms. The molecule has 0 radical (unpaired) electrons. The molecule has 0 aromatic carbocycles. The van der Waals surface area contributed by atoms with Gasteiger partial charge in [-0.15, -0.1) is 0 Å². The van der Waals surface area contributed by atoms with Gasteiger partial charge in [0.1, 0.15) is 16.5 Å². The van der Waals surface area contributed by atoms with Crippen LogP contribution in [-0.2, 0) is 0 Å². The van der Waals surface area contributed by atoms with Crippen molar-refractivity contribution in [3.63, 3.8) is 0 Å². The molecule has 1 nitrogen and oxygen atoms in total. The SMILES string of the molecule is CCCCCCCCCCCCCCN([Si](CC)(CC)CC)[Si](CC)(CC)CC. The smallest absolute Gasteiger partial charge is 0.120 e. The van der Waals surface area contributed by atoms with Crippen LogP contribution < -0.4 is 0 Å². The maximum Gasteiger partial charge on any atom is 0.120 e. The van der Waals surface area contributed by atoms with Crippen LogP contribution in [0.2, 0.25) is 36.3 Å². The Kier molecular flexibility index (Phi) is 18.3. The lowest BCUT2D eigenvalue weighted by Crippen LogP contribution is -2.66. The summed E-state index contributed by atoms with van der Waals surface area (Å²) < 4.78 is 3.27. The maximum absolute atomic E-state index is 3.27. The van der Waals surface area contributed by atoms with Gasteiger partial charge in [-0.1, -0.05) is 119 Å². The molecule has 0 atom stereocenters. The molecule has 0 bridgehead atoms. The summed E-state index contributed by atoms with van der Waals surface area (Å²) in [4.78, 5) is 0. The zero-order valence-corrected chi connectivity index (χ0v) is 23.9. The van der Waals surface area contributed by atoms with Crippen molar-refractivity contribution in [2.24, 2.45) is 0 Å². The second-order valence-electron chi connectivity index (χ2n) is 9.61. The molecule has 0 fully saturated rings. The number of rotatable bonds is 21. The zero-order valence-electron chi connectivity index (χ0n) is 21.9. The minimum atomic E-state index is -1.25. The first-order valence-electron chi connectivity index (χ1n) is 13.8. The number of hydrogen-bond acceptors (Lipinski definition) is 1. The van der Waals surface area contributed by atoms with Gasteiger partial charge in [0.05, 0.1) is 0 Å². The van der Waals surface area contributed by atoms with Gasteiger partial charge in [-0.25, -0.2) is 0 Å². The Morgan fingerprint density at radius 3 is 0.931 bits per heavy atom. The van der Waals surface area contributed by atoms with Gasteiger partial charge < -0.3 is 4.23 Å². The molecular weight excluding hydrogens is 382 g/mol. The van der Waals surface area contributed by atoms with Crippen LogP contribution in [0.5, 0.6) is 0 Å². The van der Waals surface area contributed by atoms with Crippen LogP contribution in [0, 0.1) is 0 Å². The van der Waals surface area contributed by atoms with Crippen molar-refractivity contribution < 1.29 is 0 Å². The molecule has 0 aliphatic heterocycles. The largest absolute Gasteiger partial charge is 0.345 e. The highest BCUT2D eigenvalue weighted by molar-refractivity contribution is 6.92. The lowest BCUT2D eigenvalue weighted by atomic mass is 10.1. The number of nitrogens with zero attached hydrogens (tertiary/aromatic N) is 1. The van der Waals surface area contributed by atoms with E-state index < -0.39 is 16.5 Å². The molecule has 0 saturated carbocycles. The topological polar surface area (TPSA) is 3.24 Å². The average Bonchev–Trinajstić information content (AvgIpc) is 2.77. The Morgan fingerprint density at radius 1 is 0.379 bits per heavy atom. The molecule has 0 saturated heterocycles. The zero-order chi connectivity index (χ0) is 22.0. The van der Waals surface area contributed by atoms with Crippen molar-refractivity contribution in [1.82, 2.24) is 4.23 Å². The van der Waals surface area contributed by atoms with Crippen LogP contribution in [-0.4, -0.2) is 27.2 Å². The Morgan fingerprint density at radius 2 is 0.655 bits per heavy atom. The summed E-state index contributed by atoms with van der Waals surface area (Å²) in [7, 11) is -2.50. The van der Waals surface area contributed by atoms with Crippen molar-refractivity contribution in [1.29, 1.82) is 0 Å². The molecule has 0 unspecified atom stereocenters. The van der Waals surface area contributed by atoms with E-state index in [1.807, 2.05) is 0 Å². The first-order chi connectivity index (χ1) is 14.1. The first kappa shape index (κ1) is 29.4. The predicted octanol–water partition coefficient (Wildman–Crippen LogP) is 10.00. The molecule has 0 amide bonds. The fourth-order valence-electron chi connectivity index (χ4n) is 5.73. The van der Waals surface area contributed by atoms with Gasteiger partial charge in [0.2, 0.25) is 0 Å². The van der Waals surface area contributed by atoms with E-state index in [1.165, 1.54) is 120 Å². The lowest BCUT2D eigenvalue weighted by molar-refractivity contribution is 0.505. The molecule has 0 N–H and O–H groups in total. The van der Waals surface area contributed by atoms with Crippen LogP contribution >= 0.6 is 0 Å². The predicted molar refractivity (Wildman–Crippen MR) is 142 cm³/mol. The third kappa shape index (κ3) is 10.0. The van der Waals surface area contributed by atoms with E-state index in [0.717, 1.165) is 0 Å². The maximum atomic E-state index is 3.27. The number of unbranched alkanes of at least 4 members (excludes halogenated alkanes) is 11. The summed E-state index contributed by atoms with van der Waals surface area (Å²) in [6.07, 6.45) is 17.5. The molecule has 0 heterocycles. The van der Waals surface area contributed by atoms with Gasteiger partial charge in [-0.05, 0) is 49.2 Å². The van der Waals surface area contributed by atoms with Crippen molar-refractivity contribution in [2.75, 3.05) is 6.54 Å². The van der Waals surface area contributed by atoms with Gasteiger partial charge in [-0.2, -0.15) is 0 Å². The average molecular weight is 442 g/mol. The van der Waals surface area contributed by atoms with Crippen molar-refractivity contribution in [2.45, 2.75) is 162 Å². The highest BCUT2D eigenvalue weighted by atomic mass is 28.4. The minimum Gasteiger partial charge on any atom is -0.345 e. The Labute approximate surface area is 189 Å². The van der Waals surface area contributed by atoms with Gasteiger partial charge in [-0.3, -0.25) is 0 Å². The van der Waals surface area contributed by atoms with Crippen LogP contribution in [0.1, 0.15) is 126 Å². The van der Waals surface area contributed by atoms with Crippen molar-refractivity contribution in [3.8, 4) is 0 Å². The standard InChI is InChI=1S/C26H59NSi2/c1-8-15-16-17-18-19-20-21-22-23-24-25-26-27(28(9-2,10-3)11-4)29(12-5,13-6)14-7/h8-26H2,1-7H3. The van der Waals surface area contributed by atoms with E-state index in [1.54, 1.807) is 0 Å². The van der Waals surface area contributed by atoms with Crippen LogP contribution in [0.15, 0.2) is 0 Å². The summed E-state index contributed by atoms with van der Waals surface area (Å²) in [5.41, 5.74) is 0. The number of hydrogen-bond donors (Lipinski definition) is 0. The van der Waals surface area contributed by atoms with E-state index in [2.05, 4.69) is 52.7 Å². The van der Waals surface area contributed by atoms with Crippen LogP contribution in [0.4, 0.5) is 0 Å². The van der Waals surface area contributed by atoms with E-state index in [4.69, 9.17) is 0 Å². The van der Waals surface area contributed by atoms with Gasteiger partial charge in [0.15, 0.2) is 0 Å². The summed E-state index contributed by atoms with van der Waals surface area (Å²) in [5.74, 6) is 0. The quantitative estimate of drug-likeness (QED) is 0.126. The molecular formula is C26H59NSi2. The van der Waals surface area contributed by atoms with Crippen molar-refractivity contribution >= 4 is 16.5 Å². The van der Waals surface area contributed by atoms with E-state index in [0.29, 0.717) is 0 Å². The summed E-state index contributed by atoms with van der Waals surface area (Å²) in [6.45, 7) is 18.8. The van der Waals surface area contributed by atoms with Crippen LogP contribution in [0.3, 0.4) is 0 Å².